The van der Waals surface area contributed by atoms with Crippen LogP contribution in [0.1, 0.15) is 107 Å². The van der Waals surface area contributed by atoms with Crippen molar-refractivity contribution >= 4 is 22.6 Å². The zero-order chi connectivity index (χ0) is 32.1. The molecule has 43 heavy (non-hydrogen) atoms. The van der Waals surface area contributed by atoms with Crippen LogP contribution in [0.25, 0.3) is 0 Å². The molecule has 1 saturated heterocycles. The zero-order valence-electron chi connectivity index (χ0n) is 29.7. The first kappa shape index (κ1) is 35.4. The van der Waals surface area contributed by atoms with Gasteiger partial charge in [-0.1, -0.05) is 67.5 Å². The topological polar surface area (TPSA) is 65.0 Å². The van der Waals surface area contributed by atoms with Gasteiger partial charge in [-0.25, -0.2) is 0 Å². The summed E-state index contributed by atoms with van der Waals surface area (Å²) in [7, 11) is -3.88. The number of allylic oxidation sites excluding steroid dienone is 2. The first-order valence-corrected chi connectivity index (χ1v) is 23.5. The number of hydrogen-bond acceptors (Lipinski definition) is 5. The lowest BCUT2D eigenvalue weighted by Crippen LogP contribution is -2.48. The number of hydrogen-bond donors (Lipinski definition) is 1. The maximum absolute atomic E-state index is 13.4. The highest BCUT2D eigenvalue weighted by Gasteiger charge is 2.55. The molecule has 4 rings (SSSR count). The highest BCUT2D eigenvalue weighted by Crippen LogP contribution is 2.58. The molecule has 0 aromatic rings. The van der Waals surface area contributed by atoms with E-state index in [1.165, 1.54) is 0 Å². The largest absolute Gasteiger partial charge is 0.462 e. The lowest BCUT2D eigenvalue weighted by atomic mass is 9.71. The van der Waals surface area contributed by atoms with Crippen LogP contribution in [0.3, 0.4) is 0 Å². The van der Waals surface area contributed by atoms with E-state index in [0.29, 0.717) is 36.2 Å². The molecular weight excluding hydrogens is 569 g/mol. The van der Waals surface area contributed by atoms with Crippen molar-refractivity contribution in [3.63, 3.8) is 0 Å². The monoisotopic (exact) mass is 634 g/mol. The Morgan fingerprint density at radius 2 is 1.49 bits per heavy atom. The maximum Gasteiger partial charge on any atom is 0.306 e. The first-order chi connectivity index (χ1) is 19.8. The summed E-state index contributed by atoms with van der Waals surface area (Å²) in [5.41, 5.74) is 0. The number of esters is 1. The second-order valence-electron chi connectivity index (χ2n) is 17.9. The highest BCUT2D eigenvalue weighted by atomic mass is 28.4. The van der Waals surface area contributed by atoms with Crippen molar-refractivity contribution in [2.75, 3.05) is 0 Å². The summed E-state index contributed by atoms with van der Waals surface area (Å²) >= 11 is 0. The minimum absolute atomic E-state index is 0.0175. The van der Waals surface area contributed by atoms with E-state index in [2.05, 4.69) is 93.7 Å². The highest BCUT2D eigenvalue weighted by molar-refractivity contribution is 6.74. The molecule has 11 atom stereocenters. The molecule has 1 aliphatic heterocycles. The van der Waals surface area contributed by atoms with Crippen molar-refractivity contribution in [3.8, 4) is 0 Å². The minimum Gasteiger partial charge on any atom is -0.462 e. The zero-order valence-corrected chi connectivity index (χ0v) is 31.7. The Balaban J connectivity index is 1.60. The van der Waals surface area contributed by atoms with Gasteiger partial charge in [0.2, 0.25) is 0 Å². The van der Waals surface area contributed by atoms with Crippen LogP contribution < -0.4 is 0 Å². The normalized spacial score (nSPS) is 39.7. The van der Waals surface area contributed by atoms with Crippen LogP contribution in [-0.4, -0.2) is 52.1 Å². The molecule has 7 heteroatoms. The molecular formula is C36H66O5Si2. The van der Waals surface area contributed by atoms with E-state index < -0.39 is 22.7 Å². The van der Waals surface area contributed by atoms with Gasteiger partial charge in [0, 0.05) is 18.4 Å². The molecule has 0 unspecified atom stereocenters. The Morgan fingerprint density at radius 1 is 0.860 bits per heavy atom. The Bertz CT molecular complexity index is 995. The Labute approximate surface area is 266 Å². The van der Waals surface area contributed by atoms with Crippen LogP contribution >= 0.6 is 0 Å². The summed E-state index contributed by atoms with van der Waals surface area (Å²) < 4.78 is 20.2. The third kappa shape index (κ3) is 7.58. The smallest absolute Gasteiger partial charge is 0.306 e. The summed E-state index contributed by atoms with van der Waals surface area (Å²) in [6.45, 7) is 27.6. The molecule has 1 heterocycles. The van der Waals surface area contributed by atoms with Gasteiger partial charge in [-0.2, -0.15) is 0 Å². The predicted octanol–water partition coefficient (Wildman–Crippen LogP) is 9.12. The van der Waals surface area contributed by atoms with Crippen LogP contribution in [0, 0.1) is 41.4 Å². The molecule has 0 bridgehead atoms. The van der Waals surface area contributed by atoms with Crippen LogP contribution in [0.15, 0.2) is 12.2 Å². The molecule has 4 aliphatic rings. The second kappa shape index (κ2) is 13.0. The van der Waals surface area contributed by atoms with Gasteiger partial charge < -0.3 is 18.7 Å². The summed E-state index contributed by atoms with van der Waals surface area (Å²) in [6, 6.07) is 0. The van der Waals surface area contributed by atoms with Gasteiger partial charge in [-0.3, -0.25) is 4.79 Å². The summed E-state index contributed by atoms with van der Waals surface area (Å²) in [5, 5.41) is 12.5. The van der Waals surface area contributed by atoms with Crippen molar-refractivity contribution < 1.29 is 23.5 Å². The van der Waals surface area contributed by atoms with Crippen molar-refractivity contribution in [3.05, 3.63) is 12.2 Å². The molecule has 3 aliphatic carbocycles. The number of aliphatic hydroxyl groups is 1. The third-order valence-corrected chi connectivity index (χ3v) is 22.1. The molecule has 2 saturated carbocycles. The van der Waals surface area contributed by atoms with E-state index in [9.17, 15) is 9.90 Å². The number of rotatable bonds is 5. The van der Waals surface area contributed by atoms with E-state index in [1.807, 2.05) is 0 Å². The molecule has 1 N–H and O–H groups in total. The fraction of sp³-hybridized carbons (Fsp3) is 0.917. The molecule has 5 nitrogen and oxygen atoms in total. The SMILES string of the molecule is CC[C@H]1CCC[C@H](O[Si](C)(C)C(C)(C)C)[C@@H](C)[C@@H](O)[C@H]2C[C@@H]3[C@@H](C=C[C@@H]4C[C@@H](O[Si](C)(C)C(C)(C)C)C[C@@H]34)[C@@H]2CC(=O)O1. The maximum atomic E-state index is 13.4. The molecule has 0 aromatic carbocycles. The number of ether oxygens (including phenoxy) is 1. The van der Waals surface area contributed by atoms with E-state index in [-0.39, 0.29) is 46.0 Å². The van der Waals surface area contributed by atoms with E-state index in [1.54, 1.807) is 0 Å². The molecule has 0 radical (unpaired) electrons. The fourth-order valence-corrected chi connectivity index (χ4v) is 11.1. The van der Waals surface area contributed by atoms with Crippen LogP contribution in [0.5, 0.6) is 0 Å². The van der Waals surface area contributed by atoms with Crippen molar-refractivity contribution in [2.24, 2.45) is 41.4 Å². The number of fused-ring (bicyclic) bond motifs is 5. The summed E-state index contributed by atoms with van der Waals surface area (Å²) in [4.78, 5) is 13.4. The first-order valence-electron chi connectivity index (χ1n) is 17.7. The Hall–Kier alpha value is -0.476. The van der Waals surface area contributed by atoms with Crippen LogP contribution in [-0.2, 0) is 18.4 Å². The second-order valence-corrected chi connectivity index (χ2v) is 27.4. The summed E-state index contributed by atoms with van der Waals surface area (Å²) in [6.07, 6.45) is 11.8. The van der Waals surface area contributed by atoms with Crippen molar-refractivity contribution in [1.29, 1.82) is 0 Å². The van der Waals surface area contributed by atoms with Gasteiger partial charge in [0.05, 0.1) is 12.2 Å². The van der Waals surface area contributed by atoms with Gasteiger partial charge in [-0.05, 0) is 117 Å². The van der Waals surface area contributed by atoms with Crippen LogP contribution in [0.2, 0.25) is 36.3 Å². The number of carbonyl (C=O) groups is 1. The predicted molar refractivity (Wildman–Crippen MR) is 182 cm³/mol. The fourth-order valence-electron chi connectivity index (χ4n) is 8.32. The number of carbonyl (C=O) groups excluding carboxylic acids is 1. The van der Waals surface area contributed by atoms with E-state index in [0.717, 1.165) is 44.9 Å². The summed E-state index contributed by atoms with van der Waals surface area (Å²) in [5.74, 6) is 2.04. The van der Waals surface area contributed by atoms with E-state index in [4.69, 9.17) is 13.6 Å². The van der Waals surface area contributed by atoms with Gasteiger partial charge in [-0.15, -0.1) is 0 Å². The molecule has 0 amide bonds. The lowest BCUT2D eigenvalue weighted by molar-refractivity contribution is -0.152. The van der Waals surface area contributed by atoms with Crippen molar-refractivity contribution in [1.82, 2.24) is 0 Å². The average Bonchev–Trinajstić information content (AvgIpc) is 3.45. The Morgan fingerprint density at radius 3 is 2.09 bits per heavy atom. The average molecular weight is 635 g/mol. The van der Waals surface area contributed by atoms with Gasteiger partial charge in [0.1, 0.15) is 6.10 Å². The molecule has 248 valence electrons. The van der Waals surface area contributed by atoms with Gasteiger partial charge >= 0.3 is 5.97 Å². The van der Waals surface area contributed by atoms with E-state index >= 15 is 0 Å². The lowest BCUT2D eigenvalue weighted by Gasteiger charge is -2.43. The molecule has 0 aromatic heterocycles. The number of cyclic esters (lactones) is 1. The minimum atomic E-state index is -2.03. The third-order valence-electron chi connectivity index (χ3n) is 13.1. The number of aliphatic hydroxyl groups excluding tert-OH is 1. The van der Waals surface area contributed by atoms with Crippen LogP contribution in [0.4, 0.5) is 0 Å². The molecule has 3 fully saturated rings. The Kier molecular flexibility index (Phi) is 10.7. The van der Waals surface area contributed by atoms with Crippen molar-refractivity contribution in [2.45, 2.75) is 167 Å². The quantitative estimate of drug-likeness (QED) is 0.186. The van der Waals surface area contributed by atoms with Gasteiger partial charge in [0.25, 0.3) is 0 Å². The molecule has 0 spiro atoms. The standard InChI is InChI=1S/C36H66O5Si2/c1-13-25-15-14-16-32(41-43(11,12)36(6,7)8)23(2)34(38)31-21-29-27(30(31)22-33(37)39-25)18-17-24-19-26(20-28(24)29)40-42(9,10)35(3,4)5/h17-18,23-32,34,38H,13-16,19-22H2,1-12H3/t23-,24-,25+,26-,27-,28-,29-,30+,31+,32+,34-/m1/s1. The van der Waals surface area contributed by atoms with Gasteiger partial charge in [0.15, 0.2) is 16.6 Å².